The Balaban J connectivity index is 1.85. The first-order chi connectivity index (χ1) is 11.7. The standard InChI is InChI=1S/C17H16N4O3/c1-17(5-7-20-21-17)16-12(4-3-6-18-16)11-24-14-9-19-15(23-2)8-13(14)10-22/h3-10H,11H2,1-2H3. The molecule has 0 spiro atoms. The van der Waals surface area contributed by atoms with E-state index in [-0.39, 0.29) is 6.61 Å². The first-order valence-corrected chi connectivity index (χ1v) is 7.32. The summed E-state index contributed by atoms with van der Waals surface area (Å²) in [6, 6.07) is 5.27. The van der Waals surface area contributed by atoms with E-state index in [1.165, 1.54) is 19.4 Å². The van der Waals surface area contributed by atoms with E-state index >= 15 is 0 Å². The van der Waals surface area contributed by atoms with Crippen LogP contribution in [-0.4, -0.2) is 23.4 Å². The van der Waals surface area contributed by atoms with Crippen molar-refractivity contribution in [2.45, 2.75) is 19.1 Å². The van der Waals surface area contributed by atoms with Gasteiger partial charge in [0.1, 0.15) is 17.9 Å². The molecule has 0 aliphatic carbocycles. The second-order valence-corrected chi connectivity index (χ2v) is 5.36. The number of hydrogen-bond donors (Lipinski definition) is 0. The maximum Gasteiger partial charge on any atom is 0.213 e. The zero-order valence-corrected chi connectivity index (χ0v) is 13.3. The lowest BCUT2D eigenvalue weighted by atomic mass is 9.95. The van der Waals surface area contributed by atoms with Crippen molar-refractivity contribution in [3.63, 3.8) is 0 Å². The average molecular weight is 324 g/mol. The van der Waals surface area contributed by atoms with Gasteiger partial charge in [0.15, 0.2) is 6.29 Å². The topological polar surface area (TPSA) is 86.0 Å². The second-order valence-electron chi connectivity index (χ2n) is 5.36. The molecule has 1 aliphatic heterocycles. The SMILES string of the molecule is COc1cc(C=O)c(OCc2cccnc2C2(C)C=CN=N2)cn1. The summed E-state index contributed by atoms with van der Waals surface area (Å²) in [6.07, 6.45) is 7.41. The van der Waals surface area contributed by atoms with E-state index in [1.807, 2.05) is 25.1 Å². The summed E-state index contributed by atoms with van der Waals surface area (Å²) in [4.78, 5) is 19.7. The molecule has 7 heteroatoms. The van der Waals surface area contributed by atoms with Gasteiger partial charge in [-0.2, -0.15) is 10.2 Å². The summed E-state index contributed by atoms with van der Waals surface area (Å²) in [5, 5.41) is 8.13. The normalized spacial score (nSPS) is 18.6. The molecule has 122 valence electrons. The summed E-state index contributed by atoms with van der Waals surface area (Å²) < 4.78 is 10.8. The number of hydrogen-bond acceptors (Lipinski definition) is 7. The molecule has 2 aromatic heterocycles. The third-order valence-corrected chi connectivity index (χ3v) is 3.69. The van der Waals surface area contributed by atoms with Crippen LogP contribution in [0.4, 0.5) is 0 Å². The van der Waals surface area contributed by atoms with Gasteiger partial charge in [0.25, 0.3) is 0 Å². The molecule has 7 nitrogen and oxygen atoms in total. The minimum absolute atomic E-state index is 0.233. The molecule has 0 amide bonds. The van der Waals surface area contributed by atoms with Crippen LogP contribution in [0.3, 0.4) is 0 Å². The van der Waals surface area contributed by atoms with E-state index in [0.717, 1.165) is 11.3 Å². The summed E-state index contributed by atoms with van der Waals surface area (Å²) >= 11 is 0. The fourth-order valence-corrected chi connectivity index (χ4v) is 2.42. The molecule has 1 atom stereocenters. The molecule has 0 bridgehead atoms. The Bertz CT molecular complexity index is 805. The molecule has 0 fully saturated rings. The Morgan fingerprint density at radius 1 is 1.33 bits per heavy atom. The number of pyridine rings is 2. The molecule has 0 saturated carbocycles. The molecule has 2 aromatic rings. The van der Waals surface area contributed by atoms with E-state index in [4.69, 9.17) is 9.47 Å². The van der Waals surface area contributed by atoms with Gasteiger partial charge < -0.3 is 9.47 Å². The molecule has 0 radical (unpaired) electrons. The molecule has 0 saturated heterocycles. The largest absolute Gasteiger partial charge is 0.486 e. The fraction of sp³-hybridized carbons (Fsp3) is 0.235. The lowest BCUT2D eigenvalue weighted by molar-refractivity contribution is 0.111. The van der Waals surface area contributed by atoms with Crippen molar-refractivity contribution in [2.24, 2.45) is 10.2 Å². The van der Waals surface area contributed by atoms with Crippen LogP contribution in [-0.2, 0) is 12.1 Å². The first kappa shape index (κ1) is 15.8. The van der Waals surface area contributed by atoms with Gasteiger partial charge in [0, 0.05) is 24.0 Å². The summed E-state index contributed by atoms with van der Waals surface area (Å²) in [5.74, 6) is 0.741. The van der Waals surface area contributed by atoms with Gasteiger partial charge in [-0.3, -0.25) is 9.78 Å². The fourth-order valence-electron chi connectivity index (χ4n) is 2.42. The Kier molecular flexibility index (Phi) is 4.33. The molecule has 3 heterocycles. The monoisotopic (exact) mass is 324 g/mol. The van der Waals surface area contributed by atoms with Gasteiger partial charge in [-0.1, -0.05) is 6.07 Å². The molecule has 3 rings (SSSR count). The van der Waals surface area contributed by atoms with Crippen molar-refractivity contribution in [3.05, 3.63) is 59.7 Å². The summed E-state index contributed by atoms with van der Waals surface area (Å²) in [5.41, 5.74) is 1.39. The van der Waals surface area contributed by atoms with E-state index in [0.29, 0.717) is 23.5 Å². The van der Waals surface area contributed by atoms with Gasteiger partial charge >= 0.3 is 0 Å². The number of rotatable bonds is 6. The average Bonchev–Trinajstić information content (AvgIpc) is 3.07. The van der Waals surface area contributed by atoms with E-state index in [1.54, 1.807) is 12.4 Å². The Hall–Kier alpha value is -3.09. The smallest absolute Gasteiger partial charge is 0.213 e. The highest BCUT2D eigenvalue weighted by Gasteiger charge is 2.30. The zero-order chi connectivity index (χ0) is 17.0. The number of azo groups is 1. The first-order valence-electron chi connectivity index (χ1n) is 7.32. The van der Waals surface area contributed by atoms with E-state index < -0.39 is 5.54 Å². The predicted molar refractivity (Wildman–Crippen MR) is 86.1 cm³/mol. The third kappa shape index (κ3) is 3.01. The van der Waals surface area contributed by atoms with Gasteiger partial charge in [-0.05, 0) is 19.1 Å². The Morgan fingerprint density at radius 3 is 2.92 bits per heavy atom. The van der Waals surface area contributed by atoms with Gasteiger partial charge in [-0.15, -0.1) is 0 Å². The van der Waals surface area contributed by atoms with Crippen molar-refractivity contribution >= 4 is 6.29 Å². The molecule has 24 heavy (non-hydrogen) atoms. The number of ether oxygens (including phenoxy) is 2. The number of carbonyl (C=O) groups excluding carboxylic acids is 1. The molecule has 1 unspecified atom stereocenters. The van der Waals surface area contributed by atoms with Gasteiger partial charge in [0.2, 0.25) is 5.88 Å². The maximum absolute atomic E-state index is 11.2. The van der Waals surface area contributed by atoms with Crippen molar-refractivity contribution in [3.8, 4) is 11.6 Å². The van der Waals surface area contributed by atoms with E-state index in [2.05, 4.69) is 20.2 Å². The highest BCUT2D eigenvalue weighted by atomic mass is 16.5. The van der Waals surface area contributed by atoms with Crippen LogP contribution in [0.1, 0.15) is 28.5 Å². The van der Waals surface area contributed by atoms with Crippen molar-refractivity contribution in [1.29, 1.82) is 0 Å². The maximum atomic E-state index is 11.2. The number of nitrogens with zero attached hydrogens (tertiary/aromatic N) is 4. The quantitative estimate of drug-likeness (QED) is 0.762. The number of aldehydes is 1. The highest BCUT2D eigenvalue weighted by molar-refractivity contribution is 5.79. The lowest BCUT2D eigenvalue weighted by Crippen LogP contribution is -2.19. The van der Waals surface area contributed by atoms with Crippen molar-refractivity contribution in [1.82, 2.24) is 9.97 Å². The van der Waals surface area contributed by atoms with Crippen LogP contribution < -0.4 is 9.47 Å². The molecule has 1 aliphatic rings. The second kappa shape index (κ2) is 6.57. The van der Waals surface area contributed by atoms with Crippen molar-refractivity contribution in [2.75, 3.05) is 7.11 Å². The molecule has 0 aromatic carbocycles. The van der Waals surface area contributed by atoms with Crippen LogP contribution >= 0.6 is 0 Å². The number of aromatic nitrogens is 2. The Labute approximate surface area is 139 Å². The highest BCUT2D eigenvalue weighted by Crippen LogP contribution is 2.32. The van der Waals surface area contributed by atoms with Crippen LogP contribution in [0.2, 0.25) is 0 Å². The summed E-state index contributed by atoms with van der Waals surface area (Å²) in [7, 11) is 1.49. The zero-order valence-electron chi connectivity index (χ0n) is 13.3. The van der Waals surface area contributed by atoms with Gasteiger partial charge in [0.05, 0.1) is 24.6 Å². The number of carbonyl (C=O) groups is 1. The van der Waals surface area contributed by atoms with Crippen molar-refractivity contribution < 1.29 is 14.3 Å². The lowest BCUT2D eigenvalue weighted by Gasteiger charge is -2.19. The molecule has 0 N–H and O–H groups in total. The predicted octanol–water partition coefficient (Wildman–Crippen LogP) is 3.07. The van der Waals surface area contributed by atoms with E-state index in [9.17, 15) is 4.79 Å². The minimum atomic E-state index is -0.606. The molecular weight excluding hydrogens is 308 g/mol. The third-order valence-electron chi connectivity index (χ3n) is 3.69. The van der Waals surface area contributed by atoms with Crippen LogP contribution in [0.25, 0.3) is 0 Å². The van der Waals surface area contributed by atoms with Crippen LogP contribution in [0.5, 0.6) is 11.6 Å². The van der Waals surface area contributed by atoms with Crippen LogP contribution in [0, 0.1) is 0 Å². The van der Waals surface area contributed by atoms with Gasteiger partial charge in [-0.25, -0.2) is 4.98 Å². The Morgan fingerprint density at radius 2 is 2.21 bits per heavy atom. The number of methoxy groups -OCH3 is 1. The molecular formula is C17H16N4O3. The minimum Gasteiger partial charge on any atom is -0.486 e. The van der Waals surface area contributed by atoms with Crippen LogP contribution in [0.15, 0.2) is 53.1 Å². The summed E-state index contributed by atoms with van der Waals surface area (Å²) in [6.45, 7) is 2.16.